The summed E-state index contributed by atoms with van der Waals surface area (Å²) in [5, 5.41) is 3.02. The molecule has 0 aliphatic heterocycles. The van der Waals surface area contributed by atoms with Gasteiger partial charge in [0.15, 0.2) is 0 Å². The highest BCUT2D eigenvalue weighted by molar-refractivity contribution is 9.10. The second-order valence-corrected chi connectivity index (χ2v) is 9.05. The third-order valence-corrected chi connectivity index (χ3v) is 6.09. The molecule has 3 aromatic rings. The van der Waals surface area contributed by atoms with Crippen molar-refractivity contribution in [3.8, 4) is 0 Å². The molecule has 5 heteroatoms. The summed E-state index contributed by atoms with van der Waals surface area (Å²) in [5.74, 6) is -0.125. The van der Waals surface area contributed by atoms with Gasteiger partial charge in [-0.2, -0.15) is 0 Å². The van der Waals surface area contributed by atoms with Crippen LogP contribution in [0.25, 0.3) is 0 Å². The molecule has 172 valence electrons. The van der Waals surface area contributed by atoms with Crippen molar-refractivity contribution in [3.05, 3.63) is 106 Å². The SMILES string of the molecule is CCCNC(=O)[C@@H](Cc1ccccc1)N(Cc1ccc(Br)cc1)C(=O)CCc1ccccc1. The molecule has 4 nitrogen and oxygen atoms in total. The Balaban J connectivity index is 1.87. The number of nitrogens with zero attached hydrogens (tertiary/aromatic N) is 1. The van der Waals surface area contributed by atoms with E-state index in [0.29, 0.717) is 32.4 Å². The maximum absolute atomic E-state index is 13.5. The zero-order valence-corrected chi connectivity index (χ0v) is 20.6. The van der Waals surface area contributed by atoms with Gasteiger partial charge in [-0.05, 0) is 41.7 Å². The lowest BCUT2D eigenvalue weighted by Gasteiger charge is -2.31. The number of rotatable bonds is 11. The van der Waals surface area contributed by atoms with Crippen LogP contribution < -0.4 is 5.32 Å². The van der Waals surface area contributed by atoms with E-state index in [1.165, 1.54) is 0 Å². The van der Waals surface area contributed by atoms with Gasteiger partial charge in [-0.1, -0.05) is 95.7 Å². The second kappa shape index (κ2) is 12.9. The molecule has 0 saturated carbocycles. The summed E-state index contributed by atoms with van der Waals surface area (Å²) in [6.45, 7) is 3.00. The molecule has 33 heavy (non-hydrogen) atoms. The first-order valence-electron chi connectivity index (χ1n) is 11.5. The topological polar surface area (TPSA) is 49.4 Å². The molecule has 1 N–H and O–H groups in total. The van der Waals surface area contributed by atoms with Crippen molar-refractivity contribution in [1.82, 2.24) is 10.2 Å². The molecule has 0 aromatic heterocycles. The van der Waals surface area contributed by atoms with Crippen molar-refractivity contribution in [1.29, 1.82) is 0 Å². The van der Waals surface area contributed by atoms with Crippen LogP contribution in [0.3, 0.4) is 0 Å². The maximum atomic E-state index is 13.5. The predicted molar refractivity (Wildman–Crippen MR) is 137 cm³/mol. The fraction of sp³-hybridized carbons (Fsp3) is 0.286. The number of aryl methyl sites for hydroxylation is 1. The van der Waals surface area contributed by atoms with E-state index in [1.807, 2.05) is 91.9 Å². The number of nitrogens with one attached hydrogen (secondary N) is 1. The second-order valence-electron chi connectivity index (χ2n) is 8.13. The average Bonchev–Trinajstić information content (AvgIpc) is 2.85. The number of hydrogen-bond acceptors (Lipinski definition) is 2. The molecule has 0 bridgehead atoms. The van der Waals surface area contributed by atoms with Crippen molar-refractivity contribution in [3.63, 3.8) is 0 Å². The number of halogens is 1. The molecule has 3 aromatic carbocycles. The third-order valence-electron chi connectivity index (χ3n) is 5.56. The quantitative estimate of drug-likeness (QED) is 0.370. The van der Waals surface area contributed by atoms with Crippen LogP contribution in [0.4, 0.5) is 0 Å². The highest BCUT2D eigenvalue weighted by Crippen LogP contribution is 2.18. The van der Waals surface area contributed by atoms with Crippen LogP contribution in [0.15, 0.2) is 89.4 Å². The van der Waals surface area contributed by atoms with E-state index in [4.69, 9.17) is 0 Å². The van der Waals surface area contributed by atoms with E-state index in [-0.39, 0.29) is 11.8 Å². The van der Waals surface area contributed by atoms with E-state index in [2.05, 4.69) is 21.2 Å². The Bertz CT molecular complexity index is 1010. The van der Waals surface area contributed by atoms with Gasteiger partial charge in [-0.25, -0.2) is 0 Å². The number of carbonyl (C=O) groups is 2. The van der Waals surface area contributed by atoms with Crippen LogP contribution in [0.5, 0.6) is 0 Å². The molecule has 0 heterocycles. The van der Waals surface area contributed by atoms with Gasteiger partial charge in [-0.15, -0.1) is 0 Å². The third kappa shape index (κ3) is 7.86. The minimum absolute atomic E-state index is 0.0191. The van der Waals surface area contributed by atoms with Crippen LogP contribution in [-0.4, -0.2) is 29.3 Å². The Morgan fingerprint density at radius 1 is 0.848 bits per heavy atom. The van der Waals surface area contributed by atoms with Gasteiger partial charge in [0.2, 0.25) is 11.8 Å². The van der Waals surface area contributed by atoms with E-state index in [9.17, 15) is 9.59 Å². The lowest BCUT2D eigenvalue weighted by Crippen LogP contribution is -2.50. The van der Waals surface area contributed by atoms with E-state index in [1.54, 1.807) is 4.90 Å². The van der Waals surface area contributed by atoms with Crippen LogP contribution in [0.1, 0.15) is 36.5 Å². The standard InChI is InChI=1S/C28H31BrN2O2/c1-2-19-30-28(33)26(20-23-11-7-4-8-12-23)31(21-24-13-16-25(29)17-14-24)27(32)18-15-22-9-5-3-6-10-22/h3-14,16-17,26H,2,15,18-21H2,1H3,(H,30,33)/t26-/m1/s1. The fourth-order valence-electron chi connectivity index (χ4n) is 3.75. The van der Waals surface area contributed by atoms with Crippen LogP contribution in [-0.2, 0) is 29.0 Å². The molecule has 0 spiro atoms. The Morgan fingerprint density at radius 3 is 2.06 bits per heavy atom. The van der Waals surface area contributed by atoms with Crippen LogP contribution in [0, 0.1) is 0 Å². The molecule has 3 rings (SSSR count). The molecule has 0 fully saturated rings. The van der Waals surface area contributed by atoms with Gasteiger partial charge >= 0.3 is 0 Å². The first kappa shape index (κ1) is 24.7. The number of hydrogen-bond donors (Lipinski definition) is 1. The lowest BCUT2D eigenvalue weighted by atomic mass is 10.0. The minimum atomic E-state index is -0.578. The van der Waals surface area contributed by atoms with Gasteiger partial charge in [0, 0.05) is 30.4 Å². The first-order valence-corrected chi connectivity index (χ1v) is 12.3. The van der Waals surface area contributed by atoms with Crippen LogP contribution >= 0.6 is 15.9 Å². The monoisotopic (exact) mass is 506 g/mol. The van der Waals surface area contributed by atoms with E-state index in [0.717, 1.165) is 27.6 Å². The number of carbonyl (C=O) groups excluding carboxylic acids is 2. The summed E-state index contributed by atoms with van der Waals surface area (Å²) < 4.78 is 0.981. The molecule has 2 amide bonds. The summed E-state index contributed by atoms with van der Waals surface area (Å²) in [7, 11) is 0. The zero-order valence-electron chi connectivity index (χ0n) is 19.0. The predicted octanol–water partition coefficient (Wildman–Crippen LogP) is 5.55. The average molecular weight is 507 g/mol. The molecule has 0 aliphatic rings. The van der Waals surface area contributed by atoms with Crippen molar-refractivity contribution < 1.29 is 9.59 Å². The van der Waals surface area contributed by atoms with Gasteiger partial charge in [0.25, 0.3) is 0 Å². The zero-order chi connectivity index (χ0) is 23.5. The lowest BCUT2D eigenvalue weighted by molar-refractivity contribution is -0.141. The molecule has 1 atom stereocenters. The van der Waals surface area contributed by atoms with Gasteiger partial charge < -0.3 is 10.2 Å². The summed E-state index contributed by atoms with van der Waals surface area (Å²) in [4.78, 5) is 28.5. The molecule has 0 radical (unpaired) electrons. The molecule has 0 unspecified atom stereocenters. The fourth-order valence-corrected chi connectivity index (χ4v) is 4.01. The highest BCUT2D eigenvalue weighted by Gasteiger charge is 2.30. The smallest absolute Gasteiger partial charge is 0.243 e. The van der Waals surface area contributed by atoms with E-state index < -0.39 is 6.04 Å². The van der Waals surface area contributed by atoms with Crippen molar-refractivity contribution in [2.24, 2.45) is 0 Å². The summed E-state index contributed by atoms with van der Waals surface area (Å²) >= 11 is 3.47. The van der Waals surface area contributed by atoms with Gasteiger partial charge in [-0.3, -0.25) is 9.59 Å². The first-order chi connectivity index (χ1) is 16.1. The molecule has 0 saturated heterocycles. The Kier molecular flexibility index (Phi) is 9.70. The number of benzene rings is 3. The summed E-state index contributed by atoms with van der Waals surface area (Å²) in [6, 6.07) is 27.2. The van der Waals surface area contributed by atoms with Gasteiger partial charge in [0.1, 0.15) is 6.04 Å². The highest BCUT2D eigenvalue weighted by atomic mass is 79.9. The van der Waals surface area contributed by atoms with Crippen molar-refractivity contribution in [2.75, 3.05) is 6.54 Å². The normalized spacial score (nSPS) is 11.6. The molecular formula is C28H31BrN2O2. The minimum Gasteiger partial charge on any atom is -0.354 e. The maximum Gasteiger partial charge on any atom is 0.243 e. The van der Waals surface area contributed by atoms with Crippen molar-refractivity contribution >= 4 is 27.7 Å². The summed E-state index contributed by atoms with van der Waals surface area (Å²) in [6.07, 6.45) is 2.32. The molecular weight excluding hydrogens is 476 g/mol. The van der Waals surface area contributed by atoms with Gasteiger partial charge in [0.05, 0.1) is 0 Å². The van der Waals surface area contributed by atoms with Crippen molar-refractivity contribution in [2.45, 2.75) is 45.2 Å². The molecule has 0 aliphatic carbocycles. The summed E-state index contributed by atoms with van der Waals surface area (Å²) in [5.41, 5.74) is 3.14. The Morgan fingerprint density at radius 2 is 1.45 bits per heavy atom. The largest absolute Gasteiger partial charge is 0.354 e. The Labute approximate surface area is 205 Å². The van der Waals surface area contributed by atoms with Crippen LogP contribution in [0.2, 0.25) is 0 Å². The number of amides is 2. The van der Waals surface area contributed by atoms with E-state index >= 15 is 0 Å². The Hall–Kier alpha value is -2.92.